The van der Waals surface area contributed by atoms with Crippen molar-refractivity contribution in [3.63, 3.8) is 0 Å². The standard InChI is InChI=1S/C78H151NO10/c1-3-5-7-9-11-13-15-17-19-21-23-25-27-29-31-33-35-36-38-39-41-43-45-47-49-51-53-55-57-59-61-63-65-70(81)73(83)69(68-88-78-76(86)75(85)74(84)72(67-80)89-78)79-77(87)71(82)66-64-62-60-58-56-54-52-50-48-46-44-42-40-37-34-32-30-28-26-24-22-20-18-16-14-12-10-8-6-4-2/h49,51,57,59,69-76,78,80-86H,3-48,50,52-56,58,60-68H2,1-2H3,(H,79,87)/b51-49+,59-57+. The fraction of sp³-hybridized carbons (Fsp3) is 0.936. The van der Waals surface area contributed by atoms with Crippen LogP contribution in [0.3, 0.4) is 0 Å². The van der Waals surface area contributed by atoms with E-state index in [1.54, 1.807) is 0 Å². The first kappa shape index (κ1) is 85.6. The van der Waals surface area contributed by atoms with Gasteiger partial charge in [-0.25, -0.2) is 0 Å². The maximum Gasteiger partial charge on any atom is 0.249 e. The van der Waals surface area contributed by atoms with E-state index in [1.807, 2.05) is 0 Å². The first-order valence-electron chi connectivity index (χ1n) is 39.2. The van der Waals surface area contributed by atoms with Gasteiger partial charge in [-0.2, -0.15) is 0 Å². The lowest BCUT2D eigenvalue weighted by Gasteiger charge is -2.40. The Morgan fingerprint density at radius 2 is 0.674 bits per heavy atom. The molecule has 9 atom stereocenters. The van der Waals surface area contributed by atoms with Crippen LogP contribution in [0.15, 0.2) is 24.3 Å². The molecule has 9 unspecified atom stereocenters. The molecule has 11 heteroatoms. The van der Waals surface area contributed by atoms with Gasteiger partial charge < -0.3 is 50.5 Å². The summed E-state index contributed by atoms with van der Waals surface area (Å²) in [6, 6.07) is -1.19. The number of aliphatic hydroxyl groups is 7. The lowest BCUT2D eigenvalue weighted by atomic mass is 9.98. The van der Waals surface area contributed by atoms with Gasteiger partial charge in [-0.1, -0.05) is 372 Å². The summed E-state index contributed by atoms with van der Waals surface area (Å²) >= 11 is 0. The summed E-state index contributed by atoms with van der Waals surface area (Å²) in [5.41, 5.74) is 0. The Labute approximate surface area is 550 Å². The minimum absolute atomic E-state index is 0.250. The van der Waals surface area contributed by atoms with Gasteiger partial charge in [-0.05, 0) is 51.4 Å². The summed E-state index contributed by atoms with van der Waals surface area (Å²) in [4.78, 5) is 13.3. The van der Waals surface area contributed by atoms with Gasteiger partial charge in [0.2, 0.25) is 5.91 Å². The summed E-state index contributed by atoms with van der Waals surface area (Å²) in [6.07, 6.45) is 74.4. The van der Waals surface area contributed by atoms with Crippen LogP contribution in [0.5, 0.6) is 0 Å². The van der Waals surface area contributed by atoms with Crippen LogP contribution in [0.25, 0.3) is 0 Å². The molecule has 1 amide bonds. The second-order valence-electron chi connectivity index (χ2n) is 27.8. The molecule has 1 rings (SSSR count). The first-order valence-corrected chi connectivity index (χ1v) is 39.2. The Morgan fingerprint density at radius 3 is 1.00 bits per heavy atom. The van der Waals surface area contributed by atoms with Crippen molar-refractivity contribution in [1.82, 2.24) is 5.32 Å². The number of hydrogen-bond donors (Lipinski definition) is 8. The SMILES string of the molecule is CCCCCCCCCCCCCCCCCCCCCCCCC/C=C/CC/C=C/CCCC(O)C(O)C(COC1OC(CO)C(O)C(O)C1O)NC(=O)C(O)CCCCCCCCCCCCCCCCCCCCCCCCCCCCCCCC. The Morgan fingerprint density at radius 1 is 0.382 bits per heavy atom. The van der Waals surface area contributed by atoms with Crippen LogP contribution in [0.2, 0.25) is 0 Å². The van der Waals surface area contributed by atoms with Crippen molar-refractivity contribution in [1.29, 1.82) is 0 Å². The normalized spacial score (nSPS) is 18.6. The second-order valence-corrected chi connectivity index (χ2v) is 27.8. The molecule has 0 saturated carbocycles. The van der Waals surface area contributed by atoms with Gasteiger partial charge in [0, 0.05) is 0 Å². The molecule has 1 heterocycles. The molecule has 0 aliphatic carbocycles. The fourth-order valence-electron chi connectivity index (χ4n) is 13.0. The molecule has 89 heavy (non-hydrogen) atoms. The van der Waals surface area contributed by atoms with Crippen LogP contribution in [0.4, 0.5) is 0 Å². The first-order chi connectivity index (χ1) is 43.7. The Bertz CT molecular complexity index is 1500. The fourth-order valence-corrected chi connectivity index (χ4v) is 13.0. The molecule has 1 fully saturated rings. The van der Waals surface area contributed by atoms with Crippen molar-refractivity contribution < 1.29 is 50.0 Å². The van der Waals surface area contributed by atoms with Crippen molar-refractivity contribution in [2.24, 2.45) is 0 Å². The van der Waals surface area contributed by atoms with E-state index in [0.29, 0.717) is 19.3 Å². The van der Waals surface area contributed by atoms with Crippen molar-refractivity contribution in [3.8, 4) is 0 Å². The highest BCUT2D eigenvalue weighted by molar-refractivity contribution is 5.80. The molecule has 0 aromatic heterocycles. The lowest BCUT2D eigenvalue weighted by Crippen LogP contribution is -2.60. The monoisotopic (exact) mass is 1260 g/mol. The van der Waals surface area contributed by atoms with Crippen molar-refractivity contribution in [3.05, 3.63) is 24.3 Å². The highest BCUT2D eigenvalue weighted by atomic mass is 16.7. The summed E-state index contributed by atoms with van der Waals surface area (Å²) < 4.78 is 11.2. The van der Waals surface area contributed by atoms with E-state index in [0.717, 1.165) is 38.5 Å². The molecule has 0 aromatic carbocycles. The van der Waals surface area contributed by atoms with Crippen LogP contribution >= 0.6 is 0 Å². The molecule has 0 bridgehead atoms. The maximum atomic E-state index is 13.3. The van der Waals surface area contributed by atoms with Crippen LogP contribution in [0, 0.1) is 0 Å². The third-order valence-electron chi connectivity index (χ3n) is 19.2. The van der Waals surface area contributed by atoms with Crippen LogP contribution in [-0.2, 0) is 14.3 Å². The van der Waals surface area contributed by atoms with Gasteiger partial charge in [-0.3, -0.25) is 4.79 Å². The summed E-state index contributed by atoms with van der Waals surface area (Å²) in [5, 5.41) is 76.6. The molecule has 1 aliphatic rings. The second kappa shape index (κ2) is 66.6. The third kappa shape index (κ3) is 53.5. The summed E-state index contributed by atoms with van der Waals surface area (Å²) in [6.45, 7) is 3.51. The number of aliphatic hydroxyl groups excluding tert-OH is 7. The molecular weight excluding hydrogens is 1110 g/mol. The minimum atomic E-state index is -1.67. The third-order valence-corrected chi connectivity index (χ3v) is 19.2. The van der Waals surface area contributed by atoms with Crippen LogP contribution < -0.4 is 5.32 Å². The molecule has 0 spiro atoms. The zero-order valence-corrected chi connectivity index (χ0v) is 58.7. The predicted molar refractivity (Wildman–Crippen MR) is 376 cm³/mol. The number of nitrogens with one attached hydrogen (secondary N) is 1. The predicted octanol–water partition coefficient (Wildman–Crippen LogP) is 19.9. The summed E-state index contributed by atoms with van der Waals surface area (Å²) in [5.74, 6) is -0.702. The maximum absolute atomic E-state index is 13.3. The van der Waals surface area contributed by atoms with Crippen molar-refractivity contribution in [2.75, 3.05) is 13.2 Å². The van der Waals surface area contributed by atoms with Gasteiger partial charge in [0.15, 0.2) is 6.29 Å². The number of allylic oxidation sites excluding steroid dienone is 4. The molecule has 11 nitrogen and oxygen atoms in total. The number of hydrogen-bond acceptors (Lipinski definition) is 10. The van der Waals surface area contributed by atoms with Crippen LogP contribution in [0.1, 0.15) is 399 Å². The number of unbranched alkanes of at least 4 members (excludes halogenated alkanes) is 54. The summed E-state index contributed by atoms with van der Waals surface area (Å²) in [7, 11) is 0. The van der Waals surface area contributed by atoms with Gasteiger partial charge in [0.05, 0.1) is 25.4 Å². The number of amides is 1. The largest absolute Gasteiger partial charge is 0.394 e. The van der Waals surface area contributed by atoms with Crippen molar-refractivity contribution in [2.45, 2.75) is 454 Å². The Balaban J connectivity index is 2.16. The van der Waals surface area contributed by atoms with E-state index in [2.05, 4.69) is 43.5 Å². The molecule has 8 N–H and O–H groups in total. The zero-order valence-electron chi connectivity index (χ0n) is 58.7. The number of rotatable bonds is 70. The Kier molecular flexibility index (Phi) is 64.1. The lowest BCUT2D eigenvalue weighted by molar-refractivity contribution is -0.303. The van der Waals surface area contributed by atoms with Gasteiger partial charge in [0.25, 0.3) is 0 Å². The highest BCUT2D eigenvalue weighted by Crippen LogP contribution is 2.24. The number of carbonyl (C=O) groups excluding carboxylic acids is 1. The molecule has 0 aromatic rings. The Hall–Kier alpha value is -1.41. The smallest absolute Gasteiger partial charge is 0.249 e. The van der Waals surface area contributed by atoms with E-state index < -0.39 is 74.2 Å². The van der Waals surface area contributed by atoms with E-state index in [1.165, 1.54) is 315 Å². The molecule has 0 radical (unpaired) electrons. The topological polar surface area (TPSA) is 189 Å². The number of carbonyl (C=O) groups is 1. The number of ether oxygens (including phenoxy) is 2. The average molecular weight is 1260 g/mol. The van der Waals surface area contributed by atoms with Gasteiger partial charge >= 0.3 is 0 Å². The van der Waals surface area contributed by atoms with Gasteiger partial charge in [-0.15, -0.1) is 0 Å². The quantitative estimate of drug-likeness (QED) is 0.0215. The molecular formula is C78H151NO10. The van der Waals surface area contributed by atoms with E-state index in [-0.39, 0.29) is 12.8 Å². The molecule has 528 valence electrons. The minimum Gasteiger partial charge on any atom is -0.394 e. The van der Waals surface area contributed by atoms with Gasteiger partial charge in [0.1, 0.15) is 36.6 Å². The van der Waals surface area contributed by atoms with E-state index in [9.17, 15) is 40.5 Å². The zero-order chi connectivity index (χ0) is 64.6. The highest BCUT2D eigenvalue weighted by Gasteiger charge is 2.44. The average Bonchev–Trinajstić information content (AvgIpc) is 1.72. The van der Waals surface area contributed by atoms with E-state index in [4.69, 9.17) is 9.47 Å². The molecule has 1 saturated heterocycles. The van der Waals surface area contributed by atoms with E-state index >= 15 is 0 Å². The molecule has 1 aliphatic heterocycles. The van der Waals surface area contributed by atoms with Crippen LogP contribution in [-0.4, -0.2) is 110 Å². The van der Waals surface area contributed by atoms with Crippen molar-refractivity contribution >= 4 is 5.91 Å².